The molecule has 0 aromatic carbocycles. The van der Waals surface area contributed by atoms with Crippen molar-refractivity contribution in [1.29, 1.82) is 0 Å². The number of hydrogen-bond acceptors (Lipinski definition) is 24. The van der Waals surface area contributed by atoms with E-state index in [4.69, 9.17) is 46.9 Å². The first-order valence-corrected chi connectivity index (χ1v) is 50.8. The molecule has 2 saturated heterocycles. The van der Waals surface area contributed by atoms with Gasteiger partial charge < -0.3 is 88.7 Å². The van der Waals surface area contributed by atoms with Crippen LogP contribution in [0.4, 0.5) is 0 Å². The van der Waals surface area contributed by atoms with Gasteiger partial charge in [0.15, 0.2) is 24.8 Å². The summed E-state index contributed by atoms with van der Waals surface area (Å²) in [4.78, 5) is 66.7. The van der Waals surface area contributed by atoms with Gasteiger partial charge in [0.1, 0.15) is 92.6 Å². The van der Waals surface area contributed by atoms with Crippen molar-refractivity contribution in [3.63, 3.8) is 0 Å². The lowest BCUT2D eigenvalue weighted by Gasteiger charge is -2.50. The first-order chi connectivity index (χ1) is 58.6. The number of rotatable bonds is 80. The summed E-state index contributed by atoms with van der Waals surface area (Å²) in [6.07, 6.45) is 31.8. The number of carbonyl (C=O) groups is 4. The smallest absolute Gasteiger partial charge is 0.463 e. The molecule has 0 spiro atoms. The number of phosphoric acid groups is 1. The van der Waals surface area contributed by atoms with Gasteiger partial charge in [-0.05, 0) is 57.3 Å². The molecule has 0 bridgehead atoms. The van der Waals surface area contributed by atoms with Crippen molar-refractivity contribution in [3.8, 4) is 0 Å². The van der Waals surface area contributed by atoms with Crippen molar-refractivity contribution in [2.75, 3.05) is 26.4 Å². The van der Waals surface area contributed by atoms with E-state index in [0.29, 0.717) is 38.0 Å². The number of allylic oxidation sites excluding steroid dienone is 2. The van der Waals surface area contributed by atoms with Crippen molar-refractivity contribution in [2.24, 2.45) is 5.92 Å². The van der Waals surface area contributed by atoms with Crippen molar-refractivity contribution in [2.45, 2.75) is 537 Å². The van der Waals surface area contributed by atoms with Crippen LogP contribution in [-0.4, -0.2) is 205 Å². The molecule has 19 atom stereocenters. The van der Waals surface area contributed by atoms with Gasteiger partial charge in [-0.2, -0.15) is 0 Å². The van der Waals surface area contributed by atoms with Crippen molar-refractivity contribution in [3.05, 3.63) is 12.2 Å². The SMILES string of the molecule is CCCCCC/C=C\CCCCCCCCCC(=O)OC1C(O)C(O)C(OC2OC(CO)C(O)C(O)C2O)C(OP(=O)(O)OCC(COC(=O)CCCCCCCCC(C)CCCCCCCC)OC(=O)CCCCCCCCCCCCCCCCCC)C1OC1OC(COC(=O)CCCCCCCCCCCCCCCCC)C(O)C(O)C1O. The van der Waals surface area contributed by atoms with Crippen LogP contribution in [0.25, 0.3) is 0 Å². The van der Waals surface area contributed by atoms with E-state index in [0.717, 1.165) is 141 Å². The number of ether oxygens (including phenoxy) is 8. The average Bonchev–Trinajstić information content (AvgIpc) is 0.753. The Balaban J connectivity index is 1.91. The molecule has 10 N–H and O–H groups in total. The van der Waals surface area contributed by atoms with E-state index < -0.39 is 162 Å². The molecule has 2 heterocycles. The Morgan fingerprint density at radius 3 is 1.07 bits per heavy atom. The number of unbranched alkanes of at least 4 members (excludes halogenated alkanes) is 50. The van der Waals surface area contributed by atoms with Gasteiger partial charge in [-0.15, -0.1) is 0 Å². The molecule has 3 aliphatic rings. The third kappa shape index (κ3) is 53.1. The maximum Gasteiger partial charge on any atom is 0.472 e. The molecular formula is C95H177O25P. The second-order valence-electron chi connectivity index (χ2n) is 35.6. The fourth-order valence-electron chi connectivity index (χ4n) is 16.5. The second-order valence-corrected chi connectivity index (χ2v) is 37.0. The number of hydrogen-bond donors (Lipinski definition) is 10. The Kier molecular flexibility index (Phi) is 67.8. The fraction of sp³-hybridized carbons (Fsp3) is 0.937. The summed E-state index contributed by atoms with van der Waals surface area (Å²) in [5, 5.41) is 103. The normalized spacial score (nSPS) is 24.9. The molecule has 0 amide bonds. The molecule has 0 radical (unpaired) electrons. The zero-order chi connectivity index (χ0) is 88.4. The number of aliphatic hydroxyl groups excluding tert-OH is 9. The van der Waals surface area contributed by atoms with Crippen molar-refractivity contribution < 1.29 is 122 Å². The lowest BCUT2D eigenvalue weighted by molar-refractivity contribution is -0.360. The average molecular weight is 1750 g/mol. The molecule has 2 aliphatic heterocycles. The molecule has 19 unspecified atom stereocenters. The Hall–Kier alpha value is -2.79. The summed E-state index contributed by atoms with van der Waals surface area (Å²) in [5.74, 6) is -2.26. The van der Waals surface area contributed by atoms with Crippen LogP contribution in [0.1, 0.15) is 433 Å². The number of esters is 4. The molecule has 25 nitrogen and oxygen atoms in total. The number of aliphatic hydroxyl groups is 9. The van der Waals surface area contributed by atoms with E-state index in [2.05, 4.69) is 46.8 Å². The third-order valence-corrected chi connectivity index (χ3v) is 25.4. The Bertz CT molecular complexity index is 2570. The highest BCUT2D eigenvalue weighted by Gasteiger charge is 2.60. The first-order valence-electron chi connectivity index (χ1n) is 49.3. The zero-order valence-corrected chi connectivity index (χ0v) is 77.2. The van der Waals surface area contributed by atoms with Crippen LogP contribution < -0.4 is 0 Å². The number of phosphoric ester groups is 1. The maximum absolute atomic E-state index is 14.9. The Labute approximate surface area is 731 Å². The summed E-state index contributed by atoms with van der Waals surface area (Å²) in [7, 11) is -5.81. The molecule has 0 aromatic rings. The maximum atomic E-state index is 14.9. The largest absolute Gasteiger partial charge is 0.472 e. The zero-order valence-electron chi connectivity index (χ0n) is 76.3. The van der Waals surface area contributed by atoms with E-state index >= 15 is 0 Å². The highest BCUT2D eigenvalue weighted by molar-refractivity contribution is 7.47. The summed E-state index contributed by atoms with van der Waals surface area (Å²) in [6.45, 7) is 7.97. The van der Waals surface area contributed by atoms with E-state index in [1.54, 1.807) is 0 Å². The van der Waals surface area contributed by atoms with Gasteiger partial charge in [-0.1, -0.05) is 368 Å². The Morgan fingerprint density at radius 2 is 0.669 bits per heavy atom. The van der Waals surface area contributed by atoms with E-state index in [1.807, 2.05) is 0 Å². The van der Waals surface area contributed by atoms with Crippen LogP contribution in [0.3, 0.4) is 0 Å². The summed E-state index contributed by atoms with van der Waals surface area (Å²) >= 11 is 0. The molecule has 712 valence electrons. The molecule has 1 saturated carbocycles. The second kappa shape index (κ2) is 73.0. The number of carbonyl (C=O) groups excluding carboxylic acids is 4. The fourth-order valence-corrected chi connectivity index (χ4v) is 17.5. The van der Waals surface area contributed by atoms with Crippen LogP contribution in [0.15, 0.2) is 12.2 Å². The van der Waals surface area contributed by atoms with Crippen LogP contribution >= 0.6 is 7.82 Å². The molecule has 121 heavy (non-hydrogen) atoms. The summed E-state index contributed by atoms with van der Waals surface area (Å²) in [6, 6.07) is 0. The van der Waals surface area contributed by atoms with Gasteiger partial charge in [0, 0.05) is 25.7 Å². The molecule has 3 fully saturated rings. The molecular weight excluding hydrogens is 1570 g/mol. The van der Waals surface area contributed by atoms with Crippen LogP contribution in [0.5, 0.6) is 0 Å². The van der Waals surface area contributed by atoms with Gasteiger partial charge in [0.2, 0.25) is 0 Å². The third-order valence-electron chi connectivity index (χ3n) is 24.4. The molecule has 1 aliphatic carbocycles. The summed E-state index contributed by atoms with van der Waals surface area (Å²) < 4.78 is 73.6. The first kappa shape index (κ1) is 112. The molecule has 26 heteroatoms. The molecule has 3 rings (SSSR count). The predicted octanol–water partition coefficient (Wildman–Crippen LogP) is 19.0. The van der Waals surface area contributed by atoms with Gasteiger partial charge >= 0.3 is 31.7 Å². The van der Waals surface area contributed by atoms with Crippen molar-refractivity contribution in [1.82, 2.24) is 0 Å². The minimum atomic E-state index is -5.81. The summed E-state index contributed by atoms with van der Waals surface area (Å²) in [5.41, 5.74) is 0. The van der Waals surface area contributed by atoms with Crippen LogP contribution in [0, 0.1) is 5.92 Å². The van der Waals surface area contributed by atoms with Gasteiger partial charge in [-0.3, -0.25) is 28.2 Å². The monoisotopic (exact) mass is 1750 g/mol. The van der Waals surface area contributed by atoms with Gasteiger partial charge in [0.25, 0.3) is 0 Å². The minimum absolute atomic E-state index is 0.0180. The van der Waals surface area contributed by atoms with Gasteiger partial charge in [0.05, 0.1) is 13.2 Å². The lowest BCUT2D eigenvalue weighted by Crippen LogP contribution is -2.70. The standard InChI is InChI=1S/C95H177O25P/c1-6-10-14-18-22-25-28-31-34-37-40-42-45-48-56-62-68-80(99)114-75(71-111-78(97)66-60-55-51-50-53-59-65-74(5)64-58-52-21-17-13-9-4)72-113-121(109,110)120-93-91(118-94-88(107)84(103)82(101)76(70-96)115-94)87(106)86(105)90(117-81(100)69-63-57-49-46-43-39-36-33-30-27-24-20-16-12-8-3)92(93)119-95-89(108)85(104)83(102)77(116-95)73-112-79(98)67-61-54-47-44-41-38-35-32-29-26-23-19-15-11-7-2/h27,30,74-77,82-96,101-108H,6-26,28-29,31-73H2,1-5H3,(H,109,110)/b30-27-. The Morgan fingerprint density at radius 1 is 0.347 bits per heavy atom. The van der Waals surface area contributed by atoms with Crippen LogP contribution in [-0.2, 0) is 70.7 Å². The lowest BCUT2D eigenvalue weighted by atomic mass is 9.84. The molecule has 0 aromatic heterocycles. The van der Waals surface area contributed by atoms with E-state index in [1.165, 1.54) is 199 Å². The van der Waals surface area contributed by atoms with Gasteiger partial charge in [-0.25, -0.2) is 4.57 Å². The predicted molar refractivity (Wildman–Crippen MR) is 472 cm³/mol. The van der Waals surface area contributed by atoms with Crippen LogP contribution in [0.2, 0.25) is 0 Å². The topological polar surface area (TPSA) is 380 Å². The highest BCUT2D eigenvalue weighted by atomic mass is 31.2. The van der Waals surface area contributed by atoms with E-state index in [-0.39, 0.29) is 25.7 Å². The highest BCUT2D eigenvalue weighted by Crippen LogP contribution is 2.49. The van der Waals surface area contributed by atoms with Crippen molar-refractivity contribution >= 4 is 31.7 Å². The quantitative estimate of drug-likeness (QED) is 0.00889. The van der Waals surface area contributed by atoms with E-state index in [9.17, 15) is 74.6 Å². The minimum Gasteiger partial charge on any atom is -0.463 e.